The standard InChI is InChI=1S/C16H16F3N/c1-10(2)20-9-11-7-12(17)3-5-14(11)15-8-13(18)4-6-16(15)19/h3-8,10,20H,9H2,1-2H3. The van der Waals surface area contributed by atoms with Gasteiger partial charge < -0.3 is 5.32 Å². The van der Waals surface area contributed by atoms with Crippen LogP contribution in [0.2, 0.25) is 0 Å². The number of hydrogen-bond acceptors (Lipinski definition) is 1. The largest absolute Gasteiger partial charge is 0.310 e. The molecular weight excluding hydrogens is 263 g/mol. The Morgan fingerprint density at radius 2 is 1.55 bits per heavy atom. The molecule has 2 rings (SSSR count). The van der Waals surface area contributed by atoms with Gasteiger partial charge in [-0.2, -0.15) is 0 Å². The van der Waals surface area contributed by atoms with E-state index in [1.54, 1.807) is 0 Å². The van der Waals surface area contributed by atoms with Crippen LogP contribution in [0.1, 0.15) is 19.4 Å². The van der Waals surface area contributed by atoms with Crippen molar-refractivity contribution in [2.24, 2.45) is 0 Å². The van der Waals surface area contributed by atoms with Crippen molar-refractivity contribution in [1.29, 1.82) is 0 Å². The average Bonchev–Trinajstić information content (AvgIpc) is 2.39. The topological polar surface area (TPSA) is 12.0 Å². The Hall–Kier alpha value is -1.81. The van der Waals surface area contributed by atoms with Crippen molar-refractivity contribution in [3.63, 3.8) is 0 Å². The predicted molar refractivity (Wildman–Crippen MR) is 73.7 cm³/mol. The molecule has 2 aromatic rings. The molecule has 0 atom stereocenters. The Kier molecular flexibility index (Phi) is 4.45. The summed E-state index contributed by atoms with van der Waals surface area (Å²) in [5.41, 5.74) is 1.24. The van der Waals surface area contributed by atoms with Gasteiger partial charge in [0.1, 0.15) is 17.5 Å². The Bertz CT molecular complexity index is 609. The molecule has 0 aliphatic heterocycles. The van der Waals surface area contributed by atoms with Crippen LogP contribution < -0.4 is 5.32 Å². The molecule has 0 heterocycles. The van der Waals surface area contributed by atoms with Gasteiger partial charge in [-0.05, 0) is 41.5 Å². The Morgan fingerprint density at radius 3 is 2.25 bits per heavy atom. The third-order valence-corrected chi connectivity index (χ3v) is 2.99. The van der Waals surface area contributed by atoms with Crippen LogP contribution in [0, 0.1) is 17.5 Å². The molecule has 0 spiro atoms. The molecule has 0 aliphatic rings. The van der Waals surface area contributed by atoms with Gasteiger partial charge in [-0.25, -0.2) is 13.2 Å². The highest BCUT2D eigenvalue weighted by Crippen LogP contribution is 2.28. The summed E-state index contributed by atoms with van der Waals surface area (Å²) in [6.07, 6.45) is 0. The summed E-state index contributed by atoms with van der Waals surface area (Å²) < 4.78 is 40.5. The first-order chi connectivity index (χ1) is 9.47. The maximum absolute atomic E-state index is 13.9. The van der Waals surface area contributed by atoms with E-state index in [1.807, 2.05) is 13.8 Å². The van der Waals surface area contributed by atoms with Crippen molar-refractivity contribution < 1.29 is 13.2 Å². The first-order valence-corrected chi connectivity index (χ1v) is 6.44. The van der Waals surface area contributed by atoms with E-state index in [-0.39, 0.29) is 11.6 Å². The summed E-state index contributed by atoms with van der Waals surface area (Å²) in [6.45, 7) is 4.31. The van der Waals surface area contributed by atoms with Gasteiger partial charge in [0, 0.05) is 18.2 Å². The lowest BCUT2D eigenvalue weighted by molar-refractivity contribution is 0.580. The zero-order valence-corrected chi connectivity index (χ0v) is 11.4. The van der Waals surface area contributed by atoms with Gasteiger partial charge in [-0.15, -0.1) is 0 Å². The summed E-state index contributed by atoms with van der Waals surface area (Å²) in [5, 5.41) is 3.15. The van der Waals surface area contributed by atoms with Crippen LogP contribution in [0.4, 0.5) is 13.2 Å². The minimum atomic E-state index is -0.524. The fraction of sp³-hybridized carbons (Fsp3) is 0.250. The highest BCUT2D eigenvalue weighted by atomic mass is 19.1. The second-order valence-electron chi connectivity index (χ2n) is 4.96. The molecule has 0 saturated heterocycles. The molecule has 0 fully saturated rings. The molecular formula is C16H16F3N. The van der Waals surface area contributed by atoms with E-state index in [0.29, 0.717) is 17.7 Å². The van der Waals surface area contributed by atoms with Gasteiger partial charge in [-0.1, -0.05) is 19.9 Å². The van der Waals surface area contributed by atoms with Gasteiger partial charge in [0.05, 0.1) is 0 Å². The second kappa shape index (κ2) is 6.09. The smallest absolute Gasteiger partial charge is 0.131 e. The van der Waals surface area contributed by atoms with Crippen LogP contribution in [0.3, 0.4) is 0 Å². The summed E-state index contributed by atoms with van der Waals surface area (Å²) in [7, 11) is 0. The fourth-order valence-electron chi connectivity index (χ4n) is 1.99. The van der Waals surface area contributed by atoms with Gasteiger partial charge in [0.25, 0.3) is 0 Å². The maximum atomic E-state index is 13.9. The van der Waals surface area contributed by atoms with Crippen LogP contribution >= 0.6 is 0 Å². The van der Waals surface area contributed by atoms with E-state index >= 15 is 0 Å². The molecule has 0 radical (unpaired) electrons. The normalized spacial score (nSPS) is 11.1. The van der Waals surface area contributed by atoms with Gasteiger partial charge >= 0.3 is 0 Å². The highest BCUT2D eigenvalue weighted by Gasteiger charge is 2.12. The Morgan fingerprint density at radius 1 is 0.900 bits per heavy atom. The summed E-state index contributed by atoms with van der Waals surface area (Å²) >= 11 is 0. The molecule has 0 unspecified atom stereocenters. The highest BCUT2D eigenvalue weighted by molar-refractivity contribution is 5.68. The van der Waals surface area contributed by atoms with Gasteiger partial charge in [0.15, 0.2) is 0 Å². The van der Waals surface area contributed by atoms with E-state index in [4.69, 9.17) is 0 Å². The lowest BCUT2D eigenvalue weighted by Crippen LogP contribution is -2.22. The molecule has 1 nitrogen and oxygen atoms in total. The molecule has 20 heavy (non-hydrogen) atoms. The minimum absolute atomic E-state index is 0.144. The van der Waals surface area contributed by atoms with E-state index in [2.05, 4.69) is 5.32 Å². The lowest BCUT2D eigenvalue weighted by Gasteiger charge is -2.14. The van der Waals surface area contributed by atoms with E-state index in [0.717, 1.165) is 18.2 Å². The molecule has 0 saturated carbocycles. The molecule has 0 aliphatic carbocycles. The van der Waals surface area contributed by atoms with Crippen molar-refractivity contribution in [2.45, 2.75) is 26.4 Å². The van der Waals surface area contributed by atoms with Crippen LogP contribution in [-0.4, -0.2) is 6.04 Å². The SMILES string of the molecule is CC(C)NCc1cc(F)ccc1-c1cc(F)ccc1F. The predicted octanol–water partition coefficient (Wildman–Crippen LogP) is 4.27. The van der Waals surface area contributed by atoms with Gasteiger partial charge in [0.2, 0.25) is 0 Å². The van der Waals surface area contributed by atoms with Gasteiger partial charge in [-0.3, -0.25) is 0 Å². The lowest BCUT2D eigenvalue weighted by atomic mass is 9.98. The van der Waals surface area contributed by atoms with Crippen LogP contribution in [0.15, 0.2) is 36.4 Å². The van der Waals surface area contributed by atoms with Crippen LogP contribution in [0.5, 0.6) is 0 Å². The first-order valence-electron chi connectivity index (χ1n) is 6.44. The number of halogens is 3. The van der Waals surface area contributed by atoms with Crippen molar-refractivity contribution in [2.75, 3.05) is 0 Å². The number of nitrogens with one attached hydrogen (secondary N) is 1. The molecule has 0 bridgehead atoms. The number of benzene rings is 2. The quantitative estimate of drug-likeness (QED) is 0.881. The number of rotatable bonds is 4. The minimum Gasteiger partial charge on any atom is -0.310 e. The Labute approximate surface area is 116 Å². The van der Waals surface area contributed by atoms with Crippen molar-refractivity contribution in [3.8, 4) is 11.1 Å². The monoisotopic (exact) mass is 279 g/mol. The fourth-order valence-corrected chi connectivity index (χ4v) is 1.99. The van der Waals surface area contributed by atoms with Crippen molar-refractivity contribution in [1.82, 2.24) is 5.32 Å². The van der Waals surface area contributed by atoms with E-state index in [9.17, 15) is 13.2 Å². The molecule has 1 N–H and O–H groups in total. The zero-order valence-electron chi connectivity index (χ0n) is 11.4. The molecule has 2 aromatic carbocycles. The average molecular weight is 279 g/mol. The Balaban J connectivity index is 2.47. The summed E-state index contributed by atoms with van der Waals surface area (Å²) in [4.78, 5) is 0. The van der Waals surface area contributed by atoms with Crippen molar-refractivity contribution >= 4 is 0 Å². The zero-order chi connectivity index (χ0) is 14.7. The third-order valence-electron chi connectivity index (χ3n) is 2.99. The van der Waals surface area contributed by atoms with Crippen LogP contribution in [-0.2, 0) is 6.54 Å². The van der Waals surface area contributed by atoms with Crippen LogP contribution in [0.25, 0.3) is 11.1 Å². The molecule has 106 valence electrons. The molecule has 4 heteroatoms. The first kappa shape index (κ1) is 14.6. The summed E-state index contributed by atoms with van der Waals surface area (Å²) in [6, 6.07) is 7.55. The second-order valence-corrected chi connectivity index (χ2v) is 4.96. The van der Waals surface area contributed by atoms with E-state index < -0.39 is 17.5 Å². The summed E-state index contributed by atoms with van der Waals surface area (Å²) in [5.74, 6) is -1.44. The third kappa shape index (κ3) is 3.39. The molecule has 0 amide bonds. The molecule has 0 aromatic heterocycles. The van der Waals surface area contributed by atoms with Crippen molar-refractivity contribution in [3.05, 3.63) is 59.4 Å². The van der Waals surface area contributed by atoms with E-state index in [1.165, 1.54) is 18.2 Å². The maximum Gasteiger partial charge on any atom is 0.131 e. The number of hydrogen-bond donors (Lipinski definition) is 1.